The number of hydrogen-bond acceptors (Lipinski definition) is 1. The van der Waals surface area contributed by atoms with Crippen LogP contribution in [-0.2, 0) is 4.74 Å². The van der Waals surface area contributed by atoms with Crippen molar-refractivity contribution in [1.82, 2.24) is 0 Å². The fourth-order valence-corrected chi connectivity index (χ4v) is 1.44. The molecule has 0 aliphatic rings. The molecule has 0 radical (unpaired) electrons. The van der Waals surface area contributed by atoms with Crippen LogP contribution in [0.25, 0.3) is 0 Å². The lowest BCUT2D eigenvalue weighted by atomic mass is 10.1. The lowest BCUT2D eigenvalue weighted by molar-refractivity contribution is 0.150. The van der Waals surface area contributed by atoms with E-state index in [0.29, 0.717) is 6.10 Å². The Kier molecular flexibility index (Phi) is 9.29. The molecule has 1 unspecified atom stereocenters. The van der Waals surface area contributed by atoms with Gasteiger partial charge in [-0.25, -0.2) is 0 Å². The van der Waals surface area contributed by atoms with Crippen LogP contribution in [0, 0.1) is 0 Å². The maximum atomic E-state index is 5.23. The molecule has 1 atom stereocenters. The number of rotatable bonds is 9. The molecular weight excluding hydrogens is 160 g/mol. The van der Waals surface area contributed by atoms with Crippen molar-refractivity contribution in [1.29, 1.82) is 0 Å². The summed E-state index contributed by atoms with van der Waals surface area (Å²) in [6, 6.07) is 0. The monoisotopic (exact) mass is 184 g/mol. The Hall–Kier alpha value is -0.460. The smallest absolute Gasteiger partial charge is 0.0950 e. The first kappa shape index (κ1) is 12.5. The summed E-state index contributed by atoms with van der Waals surface area (Å²) in [5.74, 6) is 0. The summed E-state index contributed by atoms with van der Waals surface area (Å²) in [5, 5.41) is 0. The third-order valence-corrected chi connectivity index (χ3v) is 2.29. The molecule has 78 valence electrons. The van der Waals surface area contributed by atoms with E-state index >= 15 is 0 Å². The first-order valence-electron chi connectivity index (χ1n) is 5.57. The van der Waals surface area contributed by atoms with E-state index in [2.05, 4.69) is 20.4 Å². The zero-order valence-corrected chi connectivity index (χ0v) is 9.22. The van der Waals surface area contributed by atoms with Crippen LogP contribution >= 0.6 is 0 Å². The van der Waals surface area contributed by atoms with Gasteiger partial charge >= 0.3 is 0 Å². The summed E-state index contributed by atoms with van der Waals surface area (Å²) < 4.78 is 5.23. The molecule has 0 aromatic carbocycles. The lowest BCUT2D eigenvalue weighted by Gasteiger charge is -2.09. The summed E-state index contributed by atoms with van der Waals surface area (Å²) in [4.78, 5) is 0. The van der Waals surface area contributed by atoms with Crippen LogP contribution in [0.15, 0.2) is 12.8 Å². The molecule has 0 aliphatic carbocycles. The van der Waals surface area contributed by atoms with Gasteiger partial charge in [-0.2, -0.15) is 0 Å². The standard InChI is InChI=1S/C12H24O/c1-4-6-7-8-9-10-11-12(3)13-5-2/h5,12H,2,4,6-11H2,1,3H3. The lowest BCUT2D eigenvalue weighted by Crippen LogP contribution is -2.02. The molecule has 0 aliphatic heterocycles. The van der Waals surface area contributed by atoms with Gasteiger partial charge in [-0.05, 0) is 19.8 Å². The van der Waals surface area contributed by atoms with Crippen molar-refractivity contribution in [2.75, 3.05) is 0 Å². The molecule has 0 heterocycles. The number of hydrogen-bond donors (Lipinski definition) is 0. The summed E-state index contributed by atoms with van der Waals surface area (Å²) in [6.45, 7) is 7.90. The molecule has 1 heteroatoms. The highest BCUT2D eigenvalue weighted by molar-refractivity contribution is 4.57. The molecule has 0 N–H and O–H groups in total. The van der Waals surface area contributed by atoms with Gasteiger partial charge in [-0.1, -0.05) is 45.6 Å². The second-order valence-corrected chi connectivity index (χ2v) is 3.67. The average Bonchev–Trinajstić information content (AvgIpc) is 2.11. The van der Waals surface area contributed by atoms with Gasteiger partial charge in [-0.15, -0.1) is 0 Å². The largest absolute Gasteiger partial charge is 0.499 e. The van der Waals surface area contributed by atoms with E-state index < -0.39 is 0 Å². The van der Waals surface area contributed by atoms with E-state index in [1.165, 1.54) is 38.5 Å². The van der Waals surface area contributed by atoms with E-state index in [0.717, 1.165) is 6.42 Å². The predicted octanol–water partition coefficient (Wildman–Crippen LogP) is 4.29. The highest BCUT2D eigenvalue weighted by Crippen LogP contribution is 2.09. The molecule has 0 saturated carbocycles. The van der Waals surface area contributed by atoms with Crippen LogP contribution < -0.4 is 0 Å². The predicted molar refractivity (Wildman–Crippen MR) is 58.7 cm³/mol. The van der Waals surface area contributed by atoms with Crippen LogP contribution in [0.2, 0.25) is 0 Å². The highest BCUT2D eigenvalue weighted by atomic mass is 16.5. The maximum Gasteiger partial charge on any atom is 0.0950 e. The molecule has 0 bridgehead atoms. The first-order valence-corrected chi connectivity index (χ1v) is 5.57. The molecule has 0 spiro atoms. The summed E-state index contributed by atoms with van der Waals surface area (Å²) in [6.07, 6.45) is 11.2. The Balaban J connectivity index is 3.01. The van der Waals surface area contributed by atoms with Crippen molar-refractivity contribution in [3.63, 3.8) is 0 Å². The Labute approximate surface area is 83.2 Å². The van der Waals surface area contributed by atoms with Crippen molar-refractivity contribution >= 4 is 0 Å². The Morgan fingerprint density at radius 3 is 2.38 bits per heavy atom. The molecule has 0 fully saturated rings. The second kappa shape index (κ2) is 9.63. The van der Waals surface area contributed by atoms with Crippen LogP contribution in [-0.4, -0.2) is 6.10 Å². The van der Waals surface area contributed by atoms with E-state index in [9.17, 15) is 0 Å². The van der Waals surface area contributed by atoms with Crippen molar-refractivity contribution in [3.8, 4) is 0 Å². The zero-order valence-electron chi connectivity index (χ0n) is 9.22. The minimum absolute atomic E-state index is 0.351. The van der Waals surface area contributed by atoms with Crippen LogP contribution in [0.3, 0.4) is 0 Å². The van der Waals surface area contributed by atoms with Crippen molar-refractivity contribution < 1.29 is 4.74 Å². The van der Waals surface area contributed by atoms with Gasteiger partial charge < -0.3 is 4.74 Å². The molecule has 0 saturated heterocycles. The van der Waals surface area contributed by atoms with E-state index in [4.69, 9.17) is 4.74 Å². The third-order valence-electron chi connectivity index (χ3n) is 2.29. The van der Waals surface area contributed by atoms with E-state index in [1.807, 2.05) is 0 Å². The third kappa shape index (κ3) is 9.45. The molecule has 0 amide bonds. The SMILES string of the molecule is C=COC(C)CCCCCCCC. The average molecular weight is 184 g/mol. The summed E-state index contributed by atoms with van der Waals surface area (Å²) in [5.41, 5.74) is 0. The highest BCUT2D eigenvalue weighted by Gasteiger charge is 1.98. The fraction of sp³-hybridized carbons (Fsp3) is 0.833. The molecule has 13 heavy (non-hydrogen) atoms. The van der Waals surface area contributed by atoms with Gasteiger partial charge in [0.15, 0.2) is 0 Å². The Morgan fingerprint density at radius 2 is 1.77 bits per heavy atom. The van der Waals surface area contributed by atoms with Crippen LogP contribution in [0.5, 0.6) is 0 Å². The summed E-state index contributed by atoms with van der Waals surface area (Å²) in [7, 11) is 0. The Bertz CT molecular complexity index is 110. The minimum Gasteiger partial charge on any atom is -0.499 e. The molecule has 0 aromatic heterocycles. The van der Waals surface area contributed by atoms with Gasteiger partial charge in [0.1, 0.15) is 0 Å². The maximum absolute atomic E-state index is 5.23. The molecular formula is C12H24O. The van der Waals surface area contributed by atoms with Crippen LogP contribution in [0.1, 0.15) is 58.8 Å². The van der Waals surface area contributed by atoms with Crippen molar-refractivity contribution in [3.05, 3.63) is 12.8 Å². The van der Waals surface area contributed by atoms with Crippen LogP contribution in [0.4, 0.5) is 0 Å². The second-order valence-electron chi connectivity index (χ2n) is 3.67. The van der Waals surface area contributed by atoms with Crippen molar-refractivity contribution in [2.45, 2.75) is 64.9 Å². The van der Waals surface area contributed by atoms with E-state index in [1.54, 1.807) is 6.26 Å². The normalized spacial score (nSPS) is 12.5. The van der Waals surface area contributed by atoms with Gasteiger partial charge in [0.2, 0.25) is 0 Å². The minimum atomic E-state index is 0.351. The molecule has 0 rings (SSSR count). The zero-order chi connectivity index (χ0) is 9.94. The Morgan fingerprint density at radius 1 is 1.15 bits per heavy atom. The molecule has 1 nitrogen and oxygen atoms in total. The van der Waals surface area contributed by atoms with Gasteiger partial charge in [0.25, 0.3) is 0 Å². The number of unbranched alkanes of at least 4 members (excludes halogenated alkanes) is 5. The van der Waals surface area contributed by atoms with Gasteiger partial charge in [-0.3, -0.25) is 0 Å². The first-order chi connectivity index (χ1) is 6.31. The number of ether oxygens (including phenoxy) is 1. The fourth-order valence-electron chi connectivity index (χ4n) is 1.44. The quantitative estimate of drug-likeness (QED) is 0.384. The van der Waals surface area contributed by atoms with Gasteiger partial charge in [0, 0.05) is 0 Å². The topological polar surface area (TPSA) is 9.23 Å². The van der Waals surface area contributed by atoms with Crippen molar-refractivity contribution in [2.24, 2.45) is 0 Å². The molecule has 0 aromatic rings. The van der Waals surface area contributed by atoms with Gasteiger partial charge in [0.05, 0.1) is 12.4 Å². The van der Waals surface area contributed by atoms with E-state index in [-0.39, 0.29) is 0 Å². The summed E-state index contributed by atoms with van der Waals surface area (Å²) >= 11 is 0.